The maximum absolute atomic E-state index is 10.5. The van der Waals surface area contributed by atoms with Crippen LogP contribution in [0.3, 0.4) is 0 Å². The molecular formula is C7H12O2S. The first-order valence-electron chi connectivity index (χ1n) is 3.49. The molecule has 0 aromatic rings. The Balaban J connectivity index is 2.35. The maximum atomic E-state index is 10.5. The molecule has 1 rings (SSSR count). The van der Waals surface area contributed by atoms with Crippen molar-refractivity contribution in [2.24, 2.45) is 5.92 Å². The largest absolute Gasteiger partial charge is 0.481 e. The number of hydrogen-bond acceptors (Lipinski definition) is 2. The summed E-state index contributed by atoms with van der Waals surface area (Å²) in [6.45, 7) is 0. The molecule has 1 aliphatic carbocycles. The van der Waals surface area contributed by atoms with Gasteiger partial charge in [0, 0.05) is 5.25 Å². The van der Waals surface area contributed by atoms with Gasteiger partial charge in [-0.15, -0.1) is 0 Å². The summed E-state index contributed by atoms with van der Waals surface area (Å²) in [5.41, 5.74) is 0. The highest BCUT2D eigenvalue weighted by Gasteiger charge is 2.28. The van der Waals surface area contributed by atoms with Crippen molar-refractivity contribution in [1.82, 2.24) is 0 Å². The smallest absolute Gasteiger partial charge is 0.306 e. The molecule has 1 fully saturated rings. The summed E-state index contributed by atoms with van der Waals surface area (Å²) in [5, 5.41) is 9.22. The van der Waals surface area contributed by atoms with Gasteiger partial charge < -0.3 is 5.11 Å². The van der Waals surface area contributed by atoms with E-state index in [4.69, 9.17) is 5.11 Å². The van der Waals surface area contributed by atoms with Gasteiger partial charge in [-0.25, -0.2) is 0 Å². The summed E-state index contributed by atoms with van der Waals surface area (Å²) >= 11 is 1.79. The summed E-state index contributed by atoms with van der Waals surface area (Å²) in [7, 11) is 0. The third-order valence-corrected chi connectivity index (χ3v) is 3.16. The van der Waals surface area contributed by atoms with E-state index in [1.165, 1.54) is 0 Å². The lowest BCUT2D eigenvalue weighted by molar-refractivity contribution is -0.141. The normalized spacial score (nSPS) is 32.5. The summed E-state index contributed by atoms with van der Waals surface area (Å²) in [4.78, 5) is 10.5. The molecule has 0 heterocycles. The summed E-state index contributed by atoms with van der Waals surface area (Å²) < 4.78 is 0. The molecule has 0 aromatic carbocycles. The van der Waals surface area contributed by atoms with Crippen LogP contribution in [0.4, 0.5) is 0 Å². The molecule has 2 nitrogen and oxygen atoms in total. The zero-order valence-electron chi connectivity index (χ0n) is 6.04. The van der Waals surface area contributed by atoms with Gasteiger partial charge in [0.15, 0.2) is 0 Å². The number of carbonyl (C=O) groups is 1. The Kier molecular flexibility index (Phi) is 2.60. The van der Waals surface area contributed by atoms with Crippen molar-refractivity contribution in [2.45, 2.75) is 24.5 Å². The standard InChI is InChI=1S/C7H12O2S/c1-10-6-3-2-5(4-6)7(8)9/h5-6H,2-4H2,1H3,(H,8,9)/t5-,6+/m0/s1. The second kappa shape index (κ2) is 3.28. The Hall–Kier alpha value is -0.180. The molecule has 0 radical (unpaired) electrons. The van der Waals surface area contributed by atoms with E-state index < -0.39 is 5.97 Å². The van der Waals surface area contributed by atoms with Gasteiger partial charge in [0.25, 0.3) is 0 Å². The number of thioether (sulfide) groups is 1. The van der Waals surface area contributed by atoms with E-state index in [9.17, 15) is 4.79 Å². The van der Waals surface area contributed by atoms with Crippen LogP contribution in [0, 0.1) is 5.92 Å². The van der Waals surface area contributed by atoms with E-state index in [0.29, 0.717) is 5.25 Å². The number of rotatable bonds is 2. The molecular weight excluding hydrogens is 148 g/mol. The quantitative estimate of drug-likeness (QED) is 0.666. The van der Waals surface area contributed by atoms with Crippen LogP contribution < -0.4 is 0 Å². The lowest BCUT2D eigenvalue weighted by Crippen LogP contribution is -2.09. The van der Waals surface area contributed by atoms with Gasteiger partial charge in [-0.05, 0) is 25.5 Å². The highest BCUT2D eigenvalue weighted by molar-refractivity contribution is 7.99. The maximum Gasteiger partial charge on any atom is 0.306 e. The number of hydrogen-bond donors (Lipinski definition) is 1. The van der Waals surface area contributed by atoms with Gasteiger partial charge in [-0.3, -0.25) is 4.79 Å². The van der Waals surface area contributed by atoms with Crippen LogP contribution in [-0.2, 0) is 4.79 Å². The molecule has 1 N–H and O–H groups in total. The molecule has 0 amide bonds. The van der Waals surface area contributed by atoms with Crippen LogP contribution in [0.2, 0.25) is 0 Å². The van der Waals surface area contributed by atoms with E-state index in [-0.39, 0.29) is 5.92 Å². The van der Waals surface area contributed by atoms with Crippen molar-refractivity contribution in [3.63, 3.8) is 0 Å². The third-order valence-electron chi connectivity index (χ3n) is 2.07. The number of aliphatic carboxylic acids is 1. The van der Waals surface area contributed by atoms with Gasteiger partial charge in [0.2, 0.25) is 0 Å². The van der Waals surface area contributed by atoms with Crippen molar-refractivity contribution in [2.75, 3.05) is 6.26 Å². The van der Waals surface area contributed by atoms with E-state index in [2.05, 4.69) is 6.26 Å². The highest BCUT2D eigenvalue weighted by atomic mass is 32.2. The average Bonchev–Trinajstić information content (AvgIpc) is 2.34. The summed E-state index contributed by atoms with van der Waals surface area (Å²) in [6, 6.07) is 0. The van der Waals surface area contributed by atoms with Crippen LogP contribution in [0.25, 0.3) is 0 Å². The van der Waals surface area contributed by atoms with E-state index in [0.717, 1.165) is 19.3 Å². The molecule has 0 aromatic heterocycles. The van der Waals surface area contributed by atoms with Gasteiger partial charge in [-0.2, -0.15) is 11.8 Å². The third kappa shape index (κ3) is 1.66. The van der Waals surface area contributed by atoms with Crippen LogP contribution in [0.15, 0.2) is 0 Å². The van der Waals surface area contributed by atoms with Crippen LogP contribution >= 0.6 is 11.8 Å². The van der Waals surface area contributed by atoms with Gasteiger partial charge in [0.05, 0.1) is 5.92 Å². The fourth-order valence-corrected chi connectivity index (χ4v) is 2.18. The Morgan fingerprint density at radius 3 is 2.60 bits per heavy atom. The zero-order chi connectivity index (χ0) is 7.56. The van der Waals surface area contributed by atoms with Crippen molar-refractivity contribution < 1.29 is 9.90 Å². The van der Waals surface area contributed by atoms with E-state index in [1.807, 2.05) is 0 Å². The van der Waals surface area contributed by atoms with Crippen molar-refractivity contribution >= 4 is 17.7 Å². The molecule has 10 heavy (non-hydrogen) atoms. The molecule has 58 valence electrons. The predicted molar refractivity (Wildman–Crippen MR) is 42.3 cm³/mol. The van der Waals surface area contributed by atoms with E-state index in [1.54, 1.807) is 11.8 Å². The Labute approximate surface area is 65.0 Å². The SMILES string of the molecule is CS[C@@H]1CC[C@H](C(=O)O)C1. The highest BCUT2D eigenvalue weighted by Crippen LogP contribution is 2.32. The molecule has 1 saturated carbocycles. The van der Waals surface area contributed by atoms with Gasteiger partial charge >= 0.3 is 5.97 Å². The lowest BCUT2D eigenvalue weighted by Gasteiger charge is -2.03. The van der Waals surface area contributed by atoms with Crippen LogP contribution in [-0.4, -0.2) is 22.6 Å². The molecule has 0 spiro atoms. The molecule has 0 unspecified atom stereocenters. The summed E-state index contributed by atoms with van der Waals surface area (Å²) in [5.74, 6) is -0.672. The molecule has 0 saturated heterocycles. The predicted octanol–water partition coefficient (Wildman–Crippen LogP) is 1.60. The minimum Gasteiger partial charge on any atom is -0.481 e. The lowest BCUT2D eigenvalue weighted by atomic mass is 10.1. The van der Waals surface area contributed by atoms with Crippen molar-refractivity contribution in [1.29, 1.82) is 0 Å². The van der Waals surface area contributed by atoms with Crippen LogP contribution in [0.5, 0.6) is 0 Å². The topological polar surface area (TPSA) is 37.3 Å². The molecule has 0 aliphatic heterocycles. The number of carboxylic acids is 1. The average molecular weight is 160 g/mol. The molecule has 0 bridgehead atoms. The Morgan fingerprint density at radius 1 is 1.60 bits per heavy atom. The first-order chi connectivity index (χ1) is 4.74. The van der Waals surface area contributed by atoms with Crippen molar-refractivity contribution in [3.05, 3.63) is 0 Å². The molecule has 2 atom stereocenters. The minimum absolute atomic E-state index is 0.0579. The first-order valence-corrected chi connectivity index (χ1v) is 4.78. The van der Waals surface area contributed by atoms with Gasteiger partial charge in [0.1, 0.15) is 0 Å². The molecule has 1 aliphatic rings. The zero-order valence-corrected chi connectivity index (χ0v) is 6.86. The van der Waals surface area contributed by atoms with Crippen molar-refractivity contribution in [3.8, 4) is 0 Å². The fraction of sp³-hybridized carbons (Fsp3) is 0.857. The number of carboxylic acid groups (broad SMARTS) is 1. The monoisotopic (exact) mass is 160 g/mol. The summed E-state index contributed by atoms with van der Waals surface area (Å²) in [6.07, 6.45) is 4.88. The fourth-order valence-electron chi connectivity index (χ4n) is 1.38. The van der Waals surface area contributed by atoms with Crippen LogP contribution in [0.1, 0.15) is 19.3 Å². The Bertz CT molecular complexity index is 136. The second-order valence-corrected chi connectivity index (χ2v) is 3.84. The minimum atomic E-state index is -0.614. The molecule has 3 heteroatoms. The van der Waals surface area contributed by atoms with E-state index >= 15 is 0 Å². The van der Waals surface area contributed by atoms with Gasteiger partial charge in [-0.1, -0.05) is 0 Å². The first kappa shape index (κ1) is 7.92. The second-order valence-electron chi connectivity index (χ2n) is 2.71. The Morgan fingerprint density at radius 2 is 2.30 bits per heavy atom.